The van der Waals surface area contributed by atoms with Crippen LogP contribution in [0.5, 0.6) is 0 Å². The van der Waals surface area contributed by atoms with Gasteiger partial charge in [0.05, 0.1) is 11.7 Å². The molecule has 0 spiro atoms. The van der Waals surface area contributed by atoms with Crippen molar-refractivity contribution in [3.63, 3.8) is 0 Å². The molecule has 1 heterocycles. The number of hydrogen-bond acceptors (Lipinski definition) is 5. The van der Waals surface area contributed by atoms with E-state index in [1.54, 1.807) is 11.8 Å². The molecule has 1 aromatic carbocycles. The van der Waals surface area contributed by atoms with Gasteiger partial charge in [0.1, 0.15) is 0 Å². The fraction of sp³-hybridized carbons (Fsp3) is 0.444. The van der Waals surface area contributed by atoms with Crippen LogP contribution in [0.2, 0.25) is 0 Å². The number of carbonyl (C=O) groups excluding carboxylic acids is 1. The summed E-state index contributed by atoms with van der Waals surface area (Å²) in [6.07, 6.45) is 2.67. The third-order valence-electron chi connectivity index (χ3n) is 3.75. The van der Waals surface area contributed by atoms with E-state index in [9.17, 15) is 4.79 Å². The van der Waals surface area contributed by atoms with Gasteiger partial charge in [0.15, 0.2) is 5.13 Å². The SMILES string of the molecule is CSCCC(N)C(=O)Nc1nc(-c2ccc(C(C)(C)C)cc2)cs1.Cl. The molecule has 0 saturated heterocycles. The quantitative estimate of drug-likeness (QED) is 0.747. The second-order valence-electron chi connectivity index (χ2n) is 6.74. The largest absolute Gasteiger partial charge is 0.320 e. The first-order chi connectivity index (χ1) is 11.3. The maximum absolute atomic E-state index is 12.0. The summed E-state index contributed by atoms with van der Waals surface area (Å²) >= 11 is 3.10. The van der Waals surface area contributed by atoms with Gasteiger partial charge in [-0.1, -0.05) is 45.0 Å². The highest BCUT2D eigenvalue weighted by molar-refractivity contribution is 7.98. The summed E-state index contributed by atoms with van der Waals surface area (Å²) < 4.78 is 0. The van der Waals surface area contributed by atoms with Crippen LogP contribution in [0.4, 0.5) is 5.13 Å². The Morgan fingerprint density at radius 1 is 1.32 bits per heavy atom. The summed E-state index contributed by atoms with van der Waals surface area (Å²) in [7, 11) is 0. The number of halogens is 1. The van der Waals surface area contributed by atoms with E-state index in [-0.39, 0.29) is 23.7 Å². The van der Waals surface area contributed by atoms with Crippen LogP contribution in [0.25, 0.3) is 11.3 Å². The van der Waals surface area contributed by atoms with Gasteiger partial charge < -0.3 is 11.1 Å². The van der Waals surface area contributed by atoms with E-state index in [2.05, 4.69) is 55.3 Å². The fourth-order valence-corrected chi connectivity index (χ4v) is 3.39. The molecular formula is C18H26ClN3OS2. The number of thioether (sulfide) groups is 1. The molecule has 4 nitrogen and oxygen atoms in total. The Morgan fingerprint density at radius 2 is 1.96 bits per heavy atom. The first kappa shape index (κ1) is 22.0. The van der Waals surface area contributed by atoms with E-state index < -0.39 is 6.04 Å². The van der Waals surface area contributed by atoms with Crippen LogP contribution in [0, 0.1) is 0 Å². The smallest absolute Gasteiger partial charge is 0.243 e. The number of nitrogens with one attached hydrogen (secondary N) is 1. The van der Waals surface area contributed by atoms with E-state index in [1.165, 1.54) is 16.9 Å². The number of amides is 1. The van der Waals surface area contributed by atoms with Crippen molar-refractivity contribution in [1.82, 2.24) is 4.98 Å². The molecule has 7 heteroatoms. The molecule has 2 rings (SSSR count). The van der Waals surface area contributed by atoms with Crippen LogP contribution in [0.1, 0.15) is 32.8 Å². The van der Waals surface area contributed by atoms with Crippen LogP contribution in [-0.2, 0) is 10.2 Å². The lowest BCUT2D eigenvalue weighted by Gasteiger charge is -2.18. The van der Waals surface area contributed by atoms with Crippen molar-refractivity contribution in [2.24, 2.45) is 5.73 Å². The van der Waals surface area contributed by atoms with Crippen molar-refractivity contribution < 1.29 is 4.79 Å². The van der Waals surface area contributed by atoms with Crippen molar-refractivity contribution >= 4 is 46.5 Å². The maximum atomic E-state index is 12.0. The molecule has 0 fully saturated rings. The number of nitrogens with zero attached hydrogens (tertiary/aromatic N) is 1. The Kier molecular flexibility index (Phi) is 8.41. The average Bonchev–Trinajstić information content (AvgIpc) is 3.00. The highest BCUT2D eigenvalue weighted by Crippen LogP contribution is 2.28. The van der Waals surface area contributed by atoms with E-state index in [4.69, 9.17) is 5.73 Å². The van der Waals surface area contributed by atoms with Crippen molar-refractivity contribution in [2.75, 3.05) is 17.3 Å². The van der Waals surface area contributed by atoms with Gasteiger partial charge in [-0.25, -0.2) is 4.98 Å². The minimum atomic E-state index is -0.490. The van der Waals surface area contributed by atoms with Gasteiger partial charge in [0.2, 0.25) is 5.91 Å². The Hall–Kier alpha value is -1.08. The van der Waals surface area contributed by atoms with Crippen LogP contribution in [-0.4, -0.2) is 28.9 Å². The second kappa shape index (κ2) is 9.57. The van der Waals surface area contributed by atoms with Crippen LogP contribution >= 0.6 is 35.5 Å². The Bertz CT molecular complexity index is 680. The van der Waals surface area contributed by atoms with E-state index in [0.29, 0.717) is 11.6 Å². The van der Waals surface area contributed by atoms with Crippen molar-refractivity contribution in [2.45, 2.75) is 38.6 Å². The van der Waals surface area contributed by atoms with Crippen molar-refractivity contribution in [1.29, 1.82) is 0 Å². The van der Waals surface area contributed by atoms with Crippen LogP contribution in [0.3, 0.4) is 0 Å². The third kappa shape index (κ3) is 6.29. The Morgan fingerprint density at radius 3 is 2.52 bits per heavy atom. The summed E-state index contributed by atoms with van der Waals surface area (Å²) in [6.45, 7) is 6.58. The molecule has 0 radical (unpaired) electrons. The van der Waals surface area contributed by atoms with E-state index >= 15 is 0 Å². The third-order valence-corrected chi connectivity index (χ3v) is 5.15. The number of aromatic nitrogens is 1. The van der Waals surface area contributed by atoms with E-state index in [0.717, 1.165) is 17.0 Å². The standard InChI is InChI=1S/C18H25N3OS2.ClH/c1-18(2,3)13-7-5-12(6-8-13)15-11-24-17(20-15)21-16(22)14(19)9-10-23-4;/h5-8,11,14H,9-10,19H2,1-4H3,(H,20,21,22);1H. The van der Waals surface area contributed by atoms with Gasteiger partial charge in [0.25, 0.3) is 0 Å². The maximum Gasteiger partial charge on any atom is 0.243 e. The number of rotatable bonds is 6. The van der Waals surface area contributed by atoms with Gasteiger partial charge in [-0.15, -0.1) is 23.7 Å². The molecule has 3 N–H and O–H groups in total. The molecule has 0 saturated carbocycles. The zero-order valence-electron chi connectivity index (χ0n) is 15.0. The summed E-state index contributed by atoms with van der Waals surface area (Å²) in [5, 5.41) is 5.36. The predicted molar refractivity (Wildman–Crippen MR) is 113 cm³/mol. The Labute approximate surface area is 164 Å². The van der Waals surface area contributed by atoms with Crippen LogP contribution in [0.15, 0.2) is 29.6 Å². The zero-order valence-corrected chi connectivity index (χ0v) is 17.5. The molecule has 0 bridgehead atoms. The second-order valence-corrected chi connectivity index (χ2v) is 8.59. The molecule has 1 unspecified atom stereocenters. The van der Waals surface area contributed by atoms with Gasteiger partial charge in [0, 0.05) is 10.9 Å². The molecule has 0 aliphatic heterocycles. The minimum Gasteiger partial charge on any atom is -0.320 e. The lowest BCUT2D eigenvalue weighted by molar-refractivity contribution is -0.117. The molecular weight excluding hydrogens is 374 g/mol. The first-order valence-electron chi connectivity index (χ1n) is 7.93. The number of benzene rings is 1. The first-order valence-corrected chi connectivity index (χ1v) is 10.2. The molecule has 1 aromatic heterocycles. The number of carbonyl (C=O) groups is 1. The van der Waals surface area contributed by atoms with Crippen molar-refractivity contribution in [3.8, 4) is 11.3 Å². The number of hydrogen-bond donors (Lipinski definition) is 2. The van der Waals surface area contributed by atoms with Gasteiger partial charge in [-0.2, -0.15) is 11.8 Å². The normalized spacial score (nSPS) is 12.4. The molecule has 0 aliphatic carbocycles. The minimum absolute atomic E-state index is 0. The predicted octanol–water partition coefficient (Wildman–Crippen LogP) is 4.55. The zero-order chi connectivity index (χ0) is 17.7. The highest BCUT2D eigenvalue weighted by atomic mass is 35.5. The molecule has 0 aliphatic rings. The Balaban J connectivity index is 0.00000312. The molecule has 1 amide bonds. The molecule has 2 aromatic rings. The number of thiazole rings is 1. The lowest BCUT2D eigenvalue weighted by atomic mass is 9.86. The summed E-state index contributed by atoms with van der Waals surface area (Å²) in [5.41, 5.74) is 9.21. The van der Waals surface area contributed by atoms with Crippen LogP contribution < -0.4 is 11.1 Å². The summed E-state index contributed by atoms with van der Waals surface area (Å²) in [5.74, 6) is 0.700. The van der Waals surface area contributed by atoms with E-state index in [1.807, 2.05) is 11.6 Å². The van der Waals surface area contributed by atoms with Gasteiger partial charge >= 0.3 is 0 Å². The topological polar surface area (TPSA) is 68.0 Å². The summed E-state index contributed by atoms with van der Waals surface area (Å²) in [4.78, 5) is 16.5. The van der Waals surface area contributed by atoms with Crippen molar-refractivity contribution in [3.05, 3.63) is 35.2 Å². The molecule has 138 valence electrons. The lowest BCUT2D eigenvalue weighted by Crippen LogP contribution is -2.36. The molecule has 1 atom stereocenters. The number of anilines is 1. The van der Waals surface area contributed by atoms with Gasteiger partial charge in [-0.05, 0) is 29.4 Å². The average molecular weight is 400 g/mol. The highest BCUT2D eigenvalue weighted by Gasteiger charge is 2.16. The summed E-state index contributed by atoms with van der Waals surface area (Å²) in [6, 6.07) is 7.92. The molecule has 25 heavy (non-hydrogen) atoms. The number of nitrogens with two attached hydrogens (primary N) is 1. The fourth-order valence-electron chi connectivity index (χ4n) is 2.18. The monoisotopic (exact) mass is 399 g/mol. The van der Waals surface area contributed by atoms with Gasteiger partial charge in [-0.3, -0.25) is 4.79 Å².